The summed E-state index contributed by atoms with van der Waals surface area (Å²) in [5, 5.41) is 4.60. The summed E-state index contributed by atoms with van der Waals surface area (Å²) in [4.78, 5) is 36.0. The van der Waals surface area contributed by atoms with Crippen molar-refractivity contribution in [1.82, 2.24) is 19.9 Å². The van der Waals surface area contributed by atoms with Crippen LogP contribution in [0.25, 0.3) is 10.9 Å². The summed E-state index contributed by atoms with van der Waals surface area (Å²) in [7, 11) is 17.7. The highest BCUT2D eigenvalue weighted by Gasteiger charge is 2.24. The average Bonchev–Trinajstić information content (AvgIpc) is 2.80. The Morgan fingerprint density at radius 1 is 1.22 bits per heavy atom. The molecule has 0 bridgehead atoms. The van der Waals surface area contributed by atoms with Gasteiger partial charge in [0.15, 0.2) is 18.2 Å². The Bertz CT molecular complexity index is 1370. The lowest BCUT2D eigenvalue weighted by molar-refractivity contribution is -0.123. The largest absolute Gasteiger partial charge is 0.478 e. The molecule has 2 atom stereocenters. The second-order valence-corrected chi connectivity index (χ2v) is 10.2. The first kappa shape index (κ1) is 26.9. The molecule has 2 N–H and O–H groups in total. The Balaban J connectivity index is 1.58. The van der Waals surface area contributed by atoms with Crippen molar-refractivity contribution in [3.63, 3.8) is 0 Å². The number of hydrogen-bond donors (Lipinski definition) is 2. The number of aryl methyl sites for hydroxylation is 1. The van der Waals surface area contributed by atoms with Gasteiger partial charge in [0.05, 0.1) is 35.3 Å². The molecule has 1 fully saturated rings. The van der Waals surface area contributed by atoms with E-state index in [1.165, 1.54) is 11.0 Å². The molecule has 0 saturated carbocycles. The zero-order valence-electron chi connectivity index (χ0n) is 21.0. The zero-order chi connectivity index (χ0) is 26.9. The highest BCUT2D eigenvalue weighted by molar-refractivity contribution is 6.59. The molecule has 0 aliphatic carbocycles. The van der Waals surface area contributed by atoms with E-state index in [9.17, 15) is 9.59 Å². The van der Waals surface area contributed by atoms with Crippen molar-refractivity contribution < 1.29 is 9.53 Å². The van der Waals surface area contributed by atoms with Gasteiger partial charge >= 0.3 is 0 Å². The topological polar surface area (TPSA) is 101 Å². The Morgan fingerprint density at radius 3 is 2.59 bits per heavy atom. The van der Waals surface area contributed by atoms with Crippen LogP contribution in [0.1, 0.15) is 20.3 Å². The quantitative estimate of drug-likeness (QED) is 0.464. The number of carbonyl (C=O) groups excluding carboxylic acids is 1. The van der Waals surface area contributed by atoms with Crippen LogP contribution < -0.4 is 25.8 Å². The van der Waals surface area contributed by atoms with E-state index in [1.807, 2.05) is 12.1 Å². The summed E-state index contributed by atoms with van der Waals surface area (Å²) in [6.07, 6.45) is 2.77. The summed E-state index contributed by atoms with van der Waals surface area (Å²) in [5.41, 5.74) is 0.956. The van der Waals surface area contributed by atoms with Crippen LogP contribution in [0.4, 0.5) is 17.5 Å². The summed E-state index contributed by atoms with van der Waals surface area (Å²) < 4.78 is 6.86. The van der Waals surface area contributed by atoms with Crippen molar-refractivity contribution in [2.24, 2.45) is 18.9 Å². The lowest BCUT2D eigenvalue weighted by Gasteiger charge is -2.35. The van der Waals surface area contributed by atoms with E-state index in [0.717, 1.165) is 13.1 Å². The third-order valence-corrected chi connectivity index (χ3v) is 6.33. The molecule has 1 amide bonds. The van der Waals surface area contributed by atoms with Crippen LogP contribution in [0.2, 0.25) is 5.02 Å². The minimum absolute atomic E-state index is 0.0188. The molecule has 1 aliphatic heterocycles. The predicted octanol–water partition coefficient (Wildman–Crippen LogP) is 1.82. The van der Waals surface area contributed by atoms with Gasteiger partial charge in [0.25, 0.3) is 11.5 Å². The Kier molecular flexibility index (Phi) is 7.78. The summed E-state index contributed by atoms with van der Waals surface area (Å²) in [5.74, 6) is 1.52. The van der Waals surface area contributed by atoms with Gasteiger partial charge in [0.1, 0.15) is 5.02 Å². The number of rotatable bonds is 7. The van der Waals surface area contributed by atoms with Gasteiger partial charge in [0.2, 0.25) is 5.95 Å². The van der Waals surface area contributed by atoms with E-state index in [1.54, 1.807) is 25.4 Å². The van der Waals surface area contributed by atoms with E-state index in [0.29, 0.717) is 45.2 Å². The molecule has 6 radical (unpaired) electrons. The smallest absolute Gasteiger partial charge is 0.293 e. The molecule has 0 spiro atoms. The van der Waals surface area contributed by atoms with Crippen molar-refractivity contribution in [3.05, 3.63) is 45.8 Å². The van der Waals surface area contributed by atoms with Crippen LogP contribution in [0.15, 0.2) is 35.3 Å². The van der Waals surface area contributed by atoms with Crippen molar-refractivity contribution in [2.45, 2.75) is 25.5 Å². The number of pyridine rings is 1. The number of halogens is 1. The van der Waals surface area contributed by atoms with Gasteiger partial charge in [0, 0.05) is 31.2 Å². The second kappa shape index (κ2) is 10.7. The first-order chi connectivity index (χ1) is 17.4. The minimum atomic E-state index is -1.89. The first-order valence-corrected chi connectivity index (χ1v) is 12.3. The highest BCUT2D eigenvalue weighted by Crippen LogP contribution is 2.29. The molecular formula is C24H26B3ClN6O3. The molecule has 2 aromatic heterocycles. The number of nitrogens with one attached hydrogen (secondary N) is 2. The minimum Gasteiger partial charge on any atom is -0.478 e. The number of piperidine rings is 1. The normalized spacial score (nSPS) is 18.0. The van der Waals surface area contributed by atoms with Gasteiger partial charge in [-0.2, -0.15) is 4.98 Å². The number of benzene rings is 1. The molecule has 4 rings (SSSR count). The number of hydrogen-bond acceptors (Lipinski definition) is 7. The molecule has 186 valence electrons. The van der Waals surface area contributed by atoms with Crippen LogP contribution in [-0.2, 0) is 11.8 Å². The first-order valence-electron chi connectivity index (χ1n) is 11.9. The number of carbonyl (C=O) groups is 1. The number of nitrogens with zero attached hydrogens (tertiary/aromatic N) is 4. The molecule has 1 aromatic carbocycles. The molecule has 9 nitrogen and oxygen atoms in total. The van der Waals surface area contributed by atoms with Crippen molar-refractivity contribution in [1.29, 1.82) is 0 Å². The zero-order valence-corrected chi connectivity index (χ0v) is 21.7. The van der Waals surface area contributed by atoms with E-state index >= 15 is 0 Å². The lowest BCUT2D eigenvalue weighted by Crippen LogP contribution is -2.51. The van der Waals surface area contributed by atoms with Crippen LogP contribution in [0, 0.1) is 11.8 Å². The van der Waals surface area contributed by atoms with E-state index in [-0.39, 0.29) is 5.75 Å². The number of ether oxygens (including phenoxy) is 1. The maximum Gasteiger partial charge on any atom is 0.293 e. The van der Waals surface area contributed by atoms with Gasteiger partial charge in [-0.3, -0.25) is 9.59 Å². The average molecular weight is 514 g/mol. The number of aromatic nitrogens is 3. The summed E-state index contributed by atoms with van der Waals surface area (Å²) >= 11 is 6.41. The van der Waals surface area contributed by atoms with Gasteiger partial charge < -0.3 is 24.8 Å². The Hall–Kier alpha value is -3.14. The summed E-state index contributed by atoms with van der Waals surface area (Å²) in [6.45, 7) is 5.75. The van der Waals surface area contributed by atoms with Crippen LogP contribution >= 0.6 is 11.6 Å². The lowest BCUT2D eigenvalue weighted by atomic mass is 9.49. The fourth-order valence-electron chi connectivity index (χ4n) is 4.62. The fourth-order valence-corrected chi connectivity index (χ4v) is 4.75. The van der Waals surface area contributed by atoms with Crippen molar-refractivity contribution in [3.8, 4) is 5.75 Å². The Labute approximate surface area is 224 Å². The monoisotopic (exact) mass is 514 g/mol. The Morgan fingerprint density at radius 2 is 1.92 bits per heavy atom. The van der Waals surface area contributed by atoms with Gasteiger partial charge in [-0.05, 0) is 42.5 Å². The summed E-state index contributed by atoms with van der Waals surface area (Å²) in [6, 6.07) is 7.00. The maximum atomic E-state index is 12.7. The van der Waals surface area contributed by atoms with Gasteiger partial charge in [-0.25, -0.2) is 4.98 Å². The van der Waals surface area contributed by atoms with Crippen molar-refractivity contribution >= 4 is 69.4 Å². The van der Waals surface area contributed by atoms with E-state index in [4.69, 9.17) is 39.9 Å². The van der Waals surface area contributed by atoms with Crippen molar-refractivity contribution in [2.75, 3.05) is 29.9 Å². The fraction of sp³-hybridized carbons (Fsp3) is 0.417. The molecule has 3 heterocycles. The SMILES string of the molecule is [B]C([B])([B])NC(=O)COc1cc2cc(Nc3nc(N4C[C@H](C)C[C@H](C)C4)ncc3Cl)ccc2n(C)c1=O. The molecule has 1 saturated heterocycles. The molecular weight excluding hydrogens is 488 g/mol. The maximum absolute atomic E-state index is 12.7. The van der Waals surface area contributed by atoms with Gasteiger partial charge in [-0.1, -0.05) is 30.7 Å². The molecule has 1 aliphatic rings. The van der Waals surface area contributed by atoms with Gasteiger partial charge in [-0.15, -0.1) is 0 Å². The molecule has 13 heteroatoms. The number of anilines is 3. The molecule has 37 heavy (non-hydrogen) atoms. The third kappa shape index (κ3) is 6.60. The number of fused-ring (bicyclic) bond motifs is 1. The highest BCUT2D eigenvalue weighted by atomic mass is 35.5. The second-order valence-electron chi connectivity index (χ2n) is 9.76. The van der Waals surface area contributed by atoms with Crippen LogP contribution in [-0.4, -0.2) is 68.9 Å². The molecule has 0 unspecified atom stereocenters. The van der Waals surface area contributed by atoms with E-state index < -0.39 is 23.3 Å². The standard InChI is InChI=1S/C24H26B3ClN6O3/c1-13-6-14(2)11-34(10-13)23-29-9-17(28)21(31-23)30-16-4-5-18-15(7-16)8-19(22(36)33(18)3)37-12-20(35)32-24(25,26)27/h4-5,7-9,13-14H,6,10-12H2,1-3H3,(H,32,35)(H,29,30,31)/t13-,14+. The molecule has 3 aromatic rings. The van der Waals surface area contributed by atoms with E-state index in [2.05, 4.69) is 39.3 Å². The number of amides is 1. The van der Waals surface area contributed by atoms with Crippen LogP contribution in [0.5, 0.6) is 5.75 Å². The predicted molar refractivity (Wildman–Crippen MR) is 148 cm³/mol. The third-order valence-electron chi connectivity index (χ3n) is 6.05. The van der Waals surface area contributed by atoms with Crippen LogP contribution in [0.3, 0.4) is 0 Å².